The van der Waals surface area contributed by atoms with E-state index in [9.17, 15) is 0 Å². The van der Waals surface area contributed by atoms with E-state index in [-0.39, 0.29) is 0 Å². The zero-order valence-electron chi connectivity index (χ0n) is 32.5. The summed E-state index contributed by atoms with van der Waals surface area (Å²) < 4.78 is 0. The average molecular weight is 750 g/mol. The Labute approximate surface area is 344 Å². The third-order valence-corrected chi connectivity index (χ3v) is 11.8. The Balaban J connectivity index is 1.11. The highest BCUT2D eigenvalue weighted by Crippen LogP contribution is 2.45. The van der Waals surface area contributed by atoms with Gasteiger partial charge in [-0.1, -0.05) is 200 Å². The fraction of sp³-hybridized carbons (Fsp3) is 0. The molecule has 0 aliphatic rings. The number of hydrogen-bond donors (Lipinski definition) is 0. The molecule has 0 aromatic heterocycles. The summed E-state index contributed by atoms with van der Waals surface area (Å²) in [4.78, 5) is 2.45. The minimum absolute atomic E-state index is 1.09. The van der Waals surface area contributed by atoms with Gasteiger partial charge in [-0.2, -0.15) is 0 Å². The molecule has 1 heteroatoms. The fourth-order valence-corrected chi connectivity index (χ4v) is 8.94. The molecule has 0 heterocycles. The molecule has 0 saturated carbocycles. The van der Waals surface area contributed by atoms with Crippen LogP contribution in [0.2, 0.25) is 0 Å². The van der Waals surface area contributed by atoms with Gasteiger partial charge in [0.2, 0.25) is 0 Å². The Bertz CT molecular complexity index is 3310. The minimum Gasteiger partial charge on any atom is -0.310 e. The molecule has 1 nitrogen and oxygen atoms in total. The first-order valence-electron chi connectivity index (χ1n) is 20.3. The molecule has 0 bridgehead atoms. The molecular weight excluding hydrogens is 711 g/mol. The van der Waals surface area contributed by atoms with Crippen LogP contribution < -0.4 is 4.90 Å². The van der Waals surface area contributed by atoms with Gasteiger partial charge in [0, 0.05) is 16.9 Å². The highest BCUT2D eigenvalue weighted by Gasteiger charge is 2.20. The van der Waals surface area contributed by atoms with Gasteiger partial charge in [0.05, 0.1) is 5.69 Å². The van der Waals surface area contributed by atoms with Gasteiger partial charge < -0.3 is 4.90 Å². The van der Waals surface area contributed by atoms with E-state index in [1.165, 1.54) is 82.0 Å². The highest BCUT2D eigenvalue weighted by atomic mass is 15.1. The summed E-state index contributed by atoms with van der Waals surface area (Å²) in [5.41, 5.74) is 12.8. The summed E-state index contributed by atoms with van der Waals surface area (Å²) in [7, 11) is 0. The van der Waals surface area contributed by atoms with Crippen molar-refractivity contribution >= 4 is 60.2 Å². The van der Waals surface area contributed by atoms with Crippen molar-refractivity contribution in [3.8, 4) is 44.5 Å². The summed E-state index contributed by atoms with van der Waals surface area (Å²) in [5, 5.41) is 10.0. The average Bonchev–Trinajstić information content (AvgIpc) is 3.31. The van der Waals surface area contributed by atoms with Crippen molar-refractivity contribution in [2.24, 2.45) is 0 Å². The third-order valence-electron chi connectivity index (χ3n) is 11.8. The Morgan fingerprint density at radius 1 is 0.220 bits per heavy atom. The van der Waals surface area contributed by atoms with Crippen LogP contribution in [-0.2, 0) is 0 Å². The molecule has 59 heavy (non-hydrogen) atoms. The summed E-state index contributed by atoms with van der Waals surface area (Å²) in [6.07, 6.45) is 0. The van der Waals surface area contributed by atoms with Crippen molar-refractivity contribution in [1.29, 1.82) is 0 Å². The van der Waals surface area contributed by atoms with Crippen molar-refractivity contribution in [2.75, 3.05) is 4.90 Å². The van der Waals surface area contributed by atoms with Gasteiger partial charge >= 0.3 is 0 Å². The Hall–Kier alpha value is -7.74. The molecule has 276 valence electrons. The van der Waals surface area contributed by atoms with E-state index in [1.807, 2.05) is 0 Å². The van der Waals surface area contributed by atoms with E-state index in [4.69, 9.17) is 0 Å². The normalized spacial score (nSPS) is 11.4. The first-order valence-corrected chi connectivity index (χ1v) is 20.3. The highest BCUT2D eigenvalue weighted by molar-refractivity contribution is 6.08. The van der Waals surface area contributed by atoms with Crippen LogP contribution in [0.25, 0.3) is 87.6 Å². The second-order valence-electron chi connectivity index (χ2n) is 15.3. The van der Waals surface area contributed by atoms with Gasteiger partial charge in [0.15, 0.2) is 0 Å². The smallest absolute Gasteiger partial charge is 0.0546 e. The minimum atomic E-state index is 1.09. The van der Waals surface area contributed by atoms with E-state index < -0.39 is 0 Å². The first-order chi connectivity index (χ1) is 29.2. The van der Waals surface area contributed by atoms with Gasteiger partial charge in [-0.15, -0.1) is 0 Å². The number of nitrogens with zero attached hydrogens (tertiary/aromatic N) is 1. The summed E-state index contributed by atoms with van der Waals surface area (Å²) in [6.45, 7) is 0. The molecule has 0 N–H and O–H groups in total. The maximum atomic E-state index is 2.45. The van der Waals surface area contributed by atoms with Crippen LogP contribution in [0.4, 0.5) is 17.1 Å². The number of rotatable bonds is 7. The van der Waals surface area contributed by atoms with Gasteiger partial charge in [-0.25, -0.2) is 0 Å². The first kappa shape index (κ1) is 34.5. The lowest BCUT2D eigenvalue weighted by Crippen LogP contribution is -2.11. The maximum Gasteiger partial charge on any atom is 0.0546 e. The lowest BCUT2D eigenvalue weighted by Gasteiger charge is -2.29. The predicted molar refractivity (Wildman–Crippen MR) is 253 cm³/mol. The molecule has 0 fully saturated rings. The zero-order chi connectivity index (χ0) is 39.1. The van der Waals surface area contributed by atoms with Crippen LogP contribution in [0.3, 0.4) is 0 Å². The van der Waals surface area contributed by atoms with Crippen LogP contribution in [0, 0.1) is 0 Å². The van der Waals surface area contributed by atoms with Gasteiger partial charge in [0.1, 0.15) is 0 Å². The lowest BCUT2D eigenvalue weighted by atomic mass is 9.93. The number of benzene rings is 11. The van der Waals surface area contributed by atoms with Crippen LogP contribution in [-0.4, -0.2) is 0 Å². The van der Waals surface area contributed by atoms with E-state index in [1.54, 1.807) is 0 Å². The largest absolute Gasteiger partial charge is 0.310 e. The number of anilines is 3. The van der Waals surface area contributed by atoms with Crippen molar-refractivity contribution in [1.82, 2.24) is 0 Å². The Morgan fingerprint density at radius 2 is 0.729 bits per heavy atom. The lowest BCUT2D eigenvalue weighted by molar-refractivity contribution is 1.28. The van der Waals surface area contributed by atoms with Crippen LogP contribution in [0.1, 0.15) is 0 Å². The molecule has 11 aromatic carbocycles. The fourth-order valence-electron chi connectivity index (χ4n) is 8.94. The topological polar surface area (TPSA) is 3.24 Å². The molecule has 0 aliphatic carbocycles. The second-order valence-corrected chi connectivity index (χ2v) is 15.3. The van der Waals surface area contributed by atoms with Crippen LogP contribution >= 0.6 is 0 Å². The van der Waals surface area contributed by atoms with E-state index >= 15 is 0 Å². The van der Waals surface area contributed by atoms with Crippen molar-refractivity contribution in [3.05, 3.63) is 237 Å². The van der Waals surface area contributed by atoms with Crippen molar-refractivity contribution in [2.45, 2.75) is 0 Å². The quantitative estimate of drug-likeness (QED) is 0.147. The van der Waals surface area contributed by atoms with Crippen molar-refractivity contribution < 1.29 is 0 Å². The van der Waals surface area contributed by atoms with Crippen LogP contribution in [0.15, 0.2) is 237 Å². The Morgan fingerprint density at radius 3 is 1.44 bits per heavy atom. The SMILES string of the molecule is c1ccc(-c2ccc(-c3cccc4ccccc34)cc2N(c2ccc(-c3ccc4c(ccc5ccccc54)c3)cc2)c2cccc(-c3cccc4ccccc34)c2)cc1. The molecular formula is C58H39N. The monoisotopic (exact) mass is 749 g/mol. The van der Waals surface area contributed by atoms with E-state index in [2.05, 4.69) is 241 Å². The van der Waals surface area contributed by atoms with Crippen LogP contribution in [0.5, 0.6) is 0 Å². The van der Waals surface area contributed by atoms with E-state index in [0.29, 0.717) is 0 Å². The zero-order valence-corrected chi connectivity index (χ0v) is 32.5. The molecule has 0 unspecified atom stereocenters. The standard InChI is InChI=1S/C58H39N/c1-2-13-43(14-3-1)57-36-32-48(55-26-12-19-42-16-5-8-23-52(42)55)39-58(57)59(50-21-10-20-46(38-50)54-25-11-18-41-15-4-7-22-51(41)54)49-33-29-40(30-34-49)45-31-35-56-47(37-45)28-27-44-17-6-9-24-53(44)56/h1-39H. The molecule has 0 saturated heterocycles. The summed E-state index contributed by atoms with van der Waals surface area (Å²) >= 11 is 0. The van der Waals surface area contributed by atoms with Gasteiger partial charge in [-0.3, -0.25) is 0 Å². The second kappa shape index (κ2) is 14.6. The molecule has 0 spiro atoms. The molecule has 11 rings (SSSR count). The molecule has 0 radical (unpaired) electrons. The van der Waals surface area contributed by atoms with Gasteiger partial charge in [0.25, 0.3) is 0 Å². The predicted octanol–water partition coefficient (Wildman–Crippen LogP) is 16.4. The third kappa shape index (κ3) is 6.30. The Kier molecular flexibility index (Phi) is 8.56. The molecule has 0 atom stereocenters. The van der Waals surface area contributed by atoms with Gasteiger partial charge in [-0.05, 0) is 118 Å². The maximum absolute atomic E-state index is 2.45. The summed E-state index contributed by atoms with van der Waals surface area (Å²) in [6, 6.07) is 86.4. The van der Waals surface area contributed by atoms with Crippen molar-refractivity contribution in [3.63, 3.8) is 0 Å². The molecule has 0 aliphatic heterocycles. The van der Waals surface area contributed by atoms with E-state index in [0.717, 1.165) is 22.6 Å². The molecule has 11 aromatic rings. The molecule has 0 amide bonds. The number of fused-ring (bicyclic) bond motifs is 5. The summed E-state index contributed by atoms with van der Waals surface area (Å²) in [5.74, 6) is 0. The number of hydrogen-bond acceptors (Lipinski definition) is 1.